The van der Waals surface area contributed by atoms with Gasteiger partial charge in [0.1, 0.15) is 6.04 Å². The molecular weight excluding hydrogens is 252 g/mol. The Morgan fingerprint density at radius 3 is 2.25 bits per heavy atom. The Bertz CT molecular complexity index is 399. The Kier molecular flexibility index (Phi) is 7.26. The average molecular weight is 278 g/mol. The highest BCUT2D eigenvalue weighted by atomic mass is 16.4. The fraction of sp³-hybridized carbons (Fsp3) is 0.562. The molecule has 0 aliphatic rings. The molecule has 1 aromatic carbocycles. The molecule has 0 aliphatic carbocycles. The number of carbonyl (C=O) groups is 1. The van der Waals surface area contributed by atoms with Crippen molar-refractivity contribution in [1.29, 1.82) is 0 Å². The fourth-order valence-corrected chi connectivity index (χ4v) is 2.16. The molecule has 0 saturated heterocycles. The lowest BCUT2D eigenvalue weighted by molar-refractivity contribution is -0.139. The lowest BCUT2D eigenvalue weighted by Crippen LogP contribution is -2.29. The highest BCUT2D eigenvalue weighted by molar-refractivity contribution is 5.75. The van der Waals surface area contributed by atoms with E-state index in [1.807, 2.05) is 31.2 Å². The van der Waals surface area contributed by atoms with Crippen molar-refractivity contribution < 1.29 is 9.90 Å². The Morgan fingerprint density at radius 1 is 1.20 bits per heavy atom. The van der Waals surface area contributed by atoms with E-state index in [1.54, 1.807) is 0 Å². The minimum atomic E-state index is -0.824. The van der Waals surface area contributed by atoms with Crippen molar-refractivity contribution in [1.82, 2.24) is 10.2 Å². The van der Waals surface area contributed by atoms with E-state index in [0.717, 1.165) is 31.6 Å². The van der Waals surface area contributed by atoms with Crippen LogP contribution in [0.5, 0.6) is 0 Å². The molecule has 0 spiro atoms. The molecule has 0 amide bonds. The first-order valence-electron chi connectivity index (χ1n) is 7.39. The third kappa shape index (κ3) is 4.94. The summed E-state index contributed by atoms with van der Waals surface area (Å²) in [5.74, 6) is -0.824. The minimum Gasteiger partial charge on any atom is -0.480 e. The lowest BCUT2D eigenvalue weighted by Gasteiger charge is -2.19. The van der Waals surface area contributed by atoms with Crippen LogP contribution in [-0.4, -0.2) is 35.6 Å². The van der Waals surface area contributed by atoms with E-state index in [9.17, 15) is 9.90 Å². The summed E-state index contributed by atoms with van der Waals surface area (Å²) in [6.07, 6.45) is 0.920. The smallest absolute Gasteiger partial charge is 0.325 e. The predicted molar refractivity (Wildman–Crippen MR) is 81.7 cm³/mol. The van der Waals surface area contributed by atoms with Crippen LogP contribution in [0.15, 0.2) is 24.3 Å². The van der Waals surface area contributed by atoms with Gasteiger partial charge in [0, 0.05) is 6.54 Å². The van der Waals surface area contributed by atoms with Crippen LogP contribution in [0.1, 0.15) is 44.4 Å². The van der Waals surface area contributed by atoms with Crippen LogP contribution in [0, 0.1) is 0 Å². The van der Waals surface area contributed by atoms with Crippen LogP contribution in [0.3, 0.4) is 0 Å². The van der Waals surface area contributed by atoms with Gasteiger partial charge in [0.2, 0.25) is 0 Å². The Hall–Kier alpha value is -1.39. The van der Waals surface area contributed by atoms with Gasteiger partial charge in [-0.2, -0.15) is 0 Å². The molecule has 0 fully saturated rings. The first-order chi connectivity index (χ1) is 9.62. The Balaban J connectivity index is 2.74. The summed E-state index contributed by atoms with van der Waals surface area (Å²) in [4.78, 5) is 13.6. The van der Waals surface area contributed by atoms with Crippen molar-refractivity contribution in [3.05, 3.63) is 35.4 Å². The van der Waals surface area contributed by atoms with E-state index in [-0.39, 0.29) is 0 Å². The molecule has 1 aromatic rings. The second kappa shape index (κ2) is 8.72. The Morgan fingerprint density at radius 2 is 1.80 bits per heavy atom. The van der Waals surface area contributed by atoms with E-state index < -0.39 is 12.0 Å². The molecule has 0 heterocycles. The topological polar surface area (TPSA) is 52.6 Å². The molecule has 0 aromatic heterocycles. The maximum absolute atomic E-state index is 11.3. The number of hydrogen-bond acceptors (Lipinski definition) is 3. The molecule has 0 bridgehead atoms. The van der Waals surface area contributed by atoms with E-state index in [1.165, 1.54) is 5.56 Å². The van der Waals surface area contributed by atoms with Crippen LogP contribution in [0.2, 0.25) is 0 Å². The van der Waals surface area contributed by atoms with Gasteiger partial charge in [0.05, 0.1) is 0 Å². The number of carboxylic acid groups (broad SMARTS) is 1. The van der Waals surface area contributed by atoms with Crippen molar-refractivity contribution in [3.8, 4) is 0 Å². The van der Waals surface area contributed by atoms with Gasteiger partial charge in [-0.1, -0.05) is 45.0 Å². The van der Waals surface area contributed by atoms with E-state index in [0.29, 0.717) is 6.54 Å². The zero-order chi connectivity index (χ0) is 15.0. The summed E-state index contributed by atoms with van der Waals surface area (Å²) in [5, 5.41) is 12.3. The number of hydrogen-bond donors (Lipinski definition) is 2. The predicted octanol–water partition coefficient (Wildman–Crippen LogP) is 2.65. The second-order valence-electron chi connectivity index (χ2n) is 4.93. The Labute approximate surface area is 121 Å². The van der Waals surface area contributed by atoms with E-state index in [4.69, 9.17) is 0 Å². The molecule has 1 unspecified atom stereocenters. The van der Waals surface area contributed by atoms with Crippen molar-refractivity contribution in [2.75, 3.05) is 19.6 Å². The standard InChI is InChI=1S/C16H26N2O2/c1-4-11-17-15(16(19)20)14-9-7-13(8-10-14)12-18(5-2)6-3/h7-10,15,17H,4-6,11-12H2,1-3H3,(H,19,20). The molecule has 0 radical (unpaired) electrons. The number of rotatable bonds is 9. The van der Waals surface area contributed by atoms with Crippen molar-refractivity contribution >= 4 is 5.97 Å². The molecule has 20 heavy (non-hydrogen) atoms. The van der Waals surface area contributed by atoms with Crippen LogP contribution in [0.4, 0.5) is 0 Å². The van der Waals surface area contributed by atoms with Gasteiger partial charge in [-0.15, -0.1) is 0 Å². The lowest BCUT2D eigenvalue weighted by atomic mass is 10.0. The van der Waals surface area contributed by atoms with Gasteiger partial charge in [-0.3, -0.25) is 9.69 Å². The maximum atomic E-state index is 11.3. The molecule has 4 nitrogen and oxygen atoms in total. The minimum absolute atomic E-state index is 0.613. The van der Waals surface area contributed by atoms with E-state index in [2.05, 4.69) is 24.1 Å². The molecule has 0 saturated carbocycles. The molecule has 0 aliphatic heterocycles. The zero-order valence-electron chi connectivity index (χ0n) is 12.7. The zero-order valence-corrected chi connectivity index (χ0v) is 12.7. The van der Waals surface area contributed by atoms with Gasteiger partial charge in [-0.05, 0) is 37.2 Å². The molecule has 1 atom stereocenters. The van der Waals surface area contributed by atoms with Gasteiger partial charge >= 0.3 is 5.97 Å². The second-order valence-corrected chi connectivity index (χ2v) is 4.93. The molecule has 112 valence electrons. The highest BCUT2D eigenvalue weighted by Crippen LogP contribution is 2.15. The number of benzene rings is 1. The summed E-state index contributed by atoms with van der Waals surface area (Å²) in [6.45, 7) is 9.98. The summed E-state index contributed by atoms with van der Waals surface area (Å²) < 4.78 is 0. The molecule has 1 rings (SSSR count). The summed E-state index contributed by atoms with van der Waals surface area (Å²) in [6, 6.07) is 7.27. The largest absolute Gasteiger partial charge is 0.480 e. The van der Waals surface area contributed by atoms with Crippen molar-refractivity contribution in [2.24, 2.45) is 0 Å². The van der Waals surface area contributed by atoms with Gasteiger partial charge in [0.25, 0.3) is 0 Å². The van der Waals surface area contributed by atoms with Gasteiger partial charge in [-0.25, -0.2) is 0 Å². The number of aliphatic carboxylic acids is 1. The third-order valence-corrected chi connectivity index (χ3v) is 3.46. The summed E-state index contributed by atoms with van der Waals surface area (Å²) in [7, 11) is 0. The maximum Gasteiger partial charge on any atom is 0.325 e. The third-order valence-electron chi connectivity index (χ3n) is 3.46. The van der Waals surface area contributed by atoms with Crippen LogP contribution >= 0.6 is 0 Å². The SMILES string of the molecule is CCCNC(C(=O)O)c1ccc(CN(CC)CC)cc1. The summed E-state index contributed by atoms with van der Waals surface area (Å²) in [5.41, 5.74) is 2.03. The monoisotopic (exact) mass is 278 g/mol. The molecular formula is C16H26N2O2. The quantitative estimate of drug-likeness (QED) is 0.729. The normalized spacial score (nSPS) is 12.6. The first-order valence-corrected chi connectivity index (χ1v) is 7.39. The number of carboxylic acids is 1. The average Bonchev–Trinajstić information content (AvgIpc) is 2.46. The highest BCUT2D eigenvalue weighted by Gasteiger charge is 2.18. The van der Waals surface area contributed by atoms with E-state index >= 15 is 0 Å². The van der Waals surface area contributed by atoms with Gasteiger partial charge in [0.15, 0.2) is 0 Å². The van der Waals surface area contributed by atoms with Crippen LogP contribution in [0.25, 0.3) is 0 Å². The van der Waals surface area contributed by atoms with Crippen molar-refractivity contribution in [3.63, 3.8) is 0 Å². The molecule has 4 heteroatoms. The van der Waals surface area contributed by atoms with Gasteiger partial charge < -0.3 is 10.4 Å². The summed E-state index contributed by atoms with van der Waals surface area (Å²) >= 11 is 0. The number of nitrogens with zero attached hydrogens (tertiary/aromatic N) is 1. The first kappa shape index (κ1) is 16.7. The van der Waals surface area contributed by atoms with Crippen molar-refractivity contribution in [2.45, 2.75) is 39.8 Å². The molecule has 2 N–H and O–H groups in total. The van der Waals surface area contributed by atoms with Crippen LogP contribution < -0.4 is 5.32 Å². The number of nitrogens with one attached hydrogen (secondary N) is 1. The van der Waals surface area contributed by atoms with Crippen LogP contribution in [-0.2, 0) is 11.3 Å². The fourth-order valence-electron chi connectivity index (χ4n) is 2.16.